The number of amides is 1. The molecule has 1 aliphatic carbocycles. The highest BCUT2D eigenvalue weighted by molar-refractivity contribution is 5.93. The number of carbonyl (C=O) groups excluding carboxylic acids is 1. The summed E-state index contributed by atoms with van der Waals surface area (Å²) in [5, 5.41) is 0. The lowest BCUT2D eigenvalue weighted by atomic mass is 9.82. The third kappa shape index (κ3) is 4.68. The molecule has 2 N–H and O–H groups in total. The van der Waals surface area contributed by atoms with Crippen molar-refractivity contribution in [3.05, 3.63) is 30.1 Å². The van der Waals surface area contributed by atoms with Gasteiger partial charge in [0.1, 0.15) is 5.82 Å². The molecule has 1 aromatic rings. The summed E-state index contributed by atoms with van der Waals surface area (Å²) in [6, 6.07) is 6.21. The number of hydrogen-bond donors (Lipinski definition) is 1. The Bertz CT molecular complexity index is 452. The van der Waals surface area contributed by atoms with Gasteiger partial charge in [-0.15, -0.1) is 12.4 Å². The van der Waals surface area contributed by atoms with E-state index in [4.69, 9.17) is 5.73 Å². The van der Waals surface area contributed by atoms with Crippen molar-refractivity contribution in [2.75, 3.05) is 11.4 Å². The van der Waals surface area contributed by atoms with E-state index in [2.05, 4.69) is 0 Å². The lowest BCUT2D eigenvalue weighted by molar-refractivity contribution is -0.119. The topological polar surface area (TPSA) is 46.3 Å². The van der Waals surface area contributed by atoms with Crippen molar-refractivity contribution < 1.29 is 9.18 Å². The van der Waals surface area contributed by atoms with Crippen LogP contribution < -0.4 is 10.6 Å². The first-order valence-electron chi connectivity index (χ1n) is 7.43. The highest BCUT2D eigenvalue weighted by Crippen LogP contribution is 2.27. The monoisotopic (exact) mass is 314 g/mol. The number of hydrogen-bond acceptors (Lipinski definition) is 2. The fourth-order valence-electron chi connectivity index (χ4n) is 2.95. The van der Waals surface area contributed by atoms with E-state index in [0.717, 1.165) is 24.9 Å². The summed E-state index contributed by atoms with van der Waals surface area (Å²) in [4.78, 5) is 14.2. The molecule has 0 saturated heterocycles. The van der Waals surface area contributed by atoms with Gasteiger partial charge in [0.2, 0.25) is 5.91 Å². The van der Waals surface area contributed by atoms with Crippen LogP contribution >= 0.6 is 12.4 Å². The zero-order valence-corrected chi connectivity index (χ0v) is 13.2. The van der Waals surface area contributed by atoms with E-state index in [1.165, 1.54) is 18.6 Å². The van der Waals surface area contributed by atoms with E-state index in [0.29, 0.717) is 13.0 Å². The number of nitrogens with two attached hydrogens (primary N) is 1. The quantitative estimate of drug-likeness (QED) is 0.924. The smallest absolute Gasteiger partial charge is 0.227 e. The second-order valence-corrected chi connectivity index (χ2v) is 5.53. The van der Waals surface area contributed by atoms with E-state index in [1.807, 2.05) is 6.92 Å². The van der Waals surface area contributed by atoms with Crippen LogP contribution in [0, 0.1) is 11.7 Å². The molecule has 0 spiro atoms. The molecule has 1 amide bonds. The summed E-state index contributed by atoms with van der Waals surface area (Å²) in [6.07, 6.45) is 4.87. The molecule has 0 radical (unpaired) electrons. The summed E-state index contributed by atoms with van der Waals surface area (Å²) in [5.41, 5.74) is 6.86. The first-order chi connectivity index (χ1) is 9.61. The number of anilines is 1. The van der Waals surface area contributed by atoms with Gasteiger partial charge in [-0.25, -0.2) is 4.39 Å². The first kappa shape index (κ1) is 17.9. The van der Waals surface area contributed by atoms with Gasteiger partial charge in [-0.2, -0.15) is 0 Å². The molecular weight excluding hydrogens is 291 g/mol. The van der Waals surface area contributed by atoms with Gasteiger partial charge in [0, 0.05) is 24.7 Å². The molecule has 1 aliphatic rings. The molecule has 3 nitrogen and oxygen atoms in total. The fraction of sp³-hybridized carbons (Fsp3) is 0.562. The van der Waals surface area contributed by atoms with Gasteiger partial charge >= 0.3 is 0 Å². The van der Waals surface area contributed by atoms with Crippen molar-refractivity contribution in [1.29, 1.82) is 0 Å². The Morgan fingerprint density at radius 1 is 1.29 bits per heavy atom. The summed E-state index contributed by atoms with van der Waals surface area (Å²) < 4.78 is 13.0. The molecule has 21 heavy (non-hydrogen) atoms. The van der Waals surface area contributed by atoms with Crippen LogP contribution in [0.5, 0.6) is 0 Å². The van der Waals surface area contributed by atoms with Crippen molar-refractivity contribution in [2.45, 2.75) is 45.1 Å². The standard InChI is InChI=1S/C16H23FN2O.ClH/c1-2-19(14-9-7-13(17)8-10-14)16(20)11-12-5-3-4-6-15(12)18;/h7-10,12,15H,2-6,11,18H2,1H3;1H. The van der Waals surface area contributed by atoms with Crippen LogP contribution in [-0.4, -0.2) is 18.5 Å². The minimum Gasteiger partial charge on any atom is -0.327 e. The van der Waals surface area contributed by atoms with E-state index >= 15 is 0 Å². The number of benzene rings is 1. The SMILES string of the molecule is CCN(C(=O)CC1CCCCC1N)c1ccc(F)cc1.Cl. The summed E-state index contributed by atoms with van der Waals surface area (Å²) in [7, 11) is 0. The zero-order valence-electron chi connectivity index (χ0n) is 12.4. The second-order valence-electron chi connectivity index (χ2n) is 5.53. The molecular formula is C16H24ClFN2O. The minimum atomic E-state index is -0.286. The zero-order chi connectivity index (χ0) is 14.5. The predicted octanol–water partition coefficient (Wildman–Crippen LogP) is 3.51. The van der Waals surface area contributed by atoms with Crippen LogP contribution in [0.2, 0.25) is 0 Å². The van der Waals surface area contributed by atoms with Crippen LogP contribution in [0.15, 0.2) is 24.3 Å². The maximum Gasteiger partial charge on any atom is 0.227 e. The maximum absolute atomic E-state index is 13.0. The molecule has 5 heteroatoms. The molecule has 1 fully saturated rings. The average Bonchev–Trinajstić information content (AvgIpc) is 2.44. The van der Waals surface area contributed by atoms with Crippen molar-refractivity contribution in [1.82, 2.24) is 0 Å². The van der Waals surface area contributed by atoms with Crippen LogP contribution in [-0.2, 0) is 4.79 Å². The van der Waals surface area contributed by atoms with E-state index in [-0.39, 0.29) is 36.1 Å². The van der Waals surface area contributed by atoms with Gasteiger partial charge in [0.15, 0.2) is 0 Å². The third-order valence-electron chi connectivity index (χ3n) is 4.16. The van der Waals surface area contributed by atoms with Gasteiger partial charge in [0.05, 0.1) is 0 Å². The van der Waals surface area contributed by atoms with Crippen molar-refractivity contribution in [3.8, 4) is 0 Å². The minimum absolute atomic E-state index is 0. The Hall–Kier alpha value is -1.13. The average molecular weight is 315 g/mol. The highest BCUT2D eigenvalue weighted by Gasteiger charge is 2.26. The molecule has 2 rings (SSSR count). The number of nitrogens with zero attached hydrogens (tertiary/aromatic N) is 1. The Labute approximate surface area is 132 Å². The normalized spacial score (nSPS) is 21.5. The number of carbonyl (C=O) groups is 1. The Kier molecular flexibility index (Phi) is 7.12. The van der Waals surface area contributed by atoms with Crippen LogP contribution in [0.4, 0.5) is 10.1 Å². The van der Waals surface area contributed by atoms with Crippen molar-refractivity contribution in [2.24, 2.45) is 11.7 Å². The molecule has 0 heterocycles. The molecule has 0 bridgehead atoms. The van der Waals surface area contributed by atoms with Crippen molar-refractivity contribution in [3.63, 3.8) is 0 Å². The molecule has 2 atom stereocenters. The molecule has 118 valence electrons. The van der Waals surface area contributed by atoms with Crippen molar-refractivity contribution >= 4 is 24.0 Å². The van der Waals surface area contributed by atoms with E-state index < -0.39 is 0 Å². The summed E-state index contributed by atoms with van der Waals surface area (Å²) in [6.45, 7) is 2.52. The molecule has 1 aromatic carbocycles. The summed E-state index contributed by atoms with van der Waals surface area (Å²) in [5.74, 6) is 0.0822. The Morgan fingerprint density at radius 2 is 1.90 bits per heavy atom. The molecule has 0 aromatic heterocycles. The lowest BCUT2D eigenvalue weighted by Crippen LogP contribution is -2.39. The molecule has 2 unspecified atom stereocenters. The van der Waals surface area contributed by atoms with Crippen LogP contribution in [0.1, 0.15) is 39.0 Å². The third-order valence-corrected chi connectivity index (χ3v) is 4.16. The van der Waals surface area contributed by atoms with Gasteiger partial charge in [0.25, 0.3) is 0 Å². The fourth-order valence-corrected chi connectivity index (χ4v) is 2.95. The molecule has 0 aliphatic heterocycles. The Morgan fingerprint density at radius 3 is 2.48 bits per heavy atom. The number of halogens is 2. The number of rotatable bonds is 4. The first-order valence-corrected chi connectivity index (χ1v) is 7.43. The van der Waals surface area contributed by atoms with Gasteiger partial charge in [-0.1, -0.05) is 12.8 Å². The van der Waals surface area contributed by atoms with Crippen LogP contribution in [0.25, 0.3) is 0 Å². The van der Waals surface area contributed by atoms with E-state index in [1.54, 1.807) is 17.0 Å². The largest absolute Gasteiger partial charge is 0.327 e. The van der Waals surface area contributed by atoms with E-state index in [9.17, 15) is 9.18 Å². The van der Waals surface area contributed by atoms with Crippen LogP contribution in [0.3, 0.4) is 0 Å². The summed E-state index contributed by atoms with van der Waals surface area (Å²) >= 11 is 0. The van der Waals surface area contributed by atoms with Gasteiger partial charge in [-0.3, -0.25) is 4.79 Å². The maximum atomic E-state index is 13.0. The highest BCUT2D eigenvalue weighted by atomic mass is 35.5. The Balaban J connectivity index is 0.00000220. The molecule has 1 saturated carbocycles. The lowest BCUT2D eigenvalue weighted by Gasteiger charge is -2.30. The van der Waals surface area contributed by atoms with Gasteiger partial charge in [-0.05, 0) is 49.9 Å². The predicted molar refractivity (Wildman–Crippen MR) is 86.2 cm³/mol. The van der Waals surface area contributed by atoms with Gasteiger partial charge < -0.3 is 10.6 Å². The second kappa shape index (κ2) is 8.35.